The smallest absolute Gasteiger partial charge is 0.419 e. The molecule has 11 N–H and O–H groups in total. The predicted octanol–water partition coefficient (Wildman–Crippen LogP) is 5.95. The summed E-state index contributed by atoms with van der Waals surface area (Å²) in [5.74, 6) is 0. The molecule has 18 nitrogen and oxygen atoms in total. The van der Waals surface area contributed by atoms with Crippen LogP contribution < -0.4 is 37.9 Å². The summed E-state index contributed by atoms with van der Waals surface area (Å²) in [6.07, 6.45) is 5.02. The normalized spacial score (nSPS) is 15.6. The van der Waals surface area contributed by atoms with Crippen LogP contribution >= 0.6 is 23.5 Å². The van der Waals surface area contributed by atoms with E-state index in [2.05, 4.69) is 73.9 Å². The average Bonchev–Trinajstić information content (AvgIpc) is 3.39. The van der Waals surface area contributed by atoms with Crippen molar-refractivity contribution in [3.05, 3.63) is 42.0 Å². The number of aliphatic hydroxyl groups is 3. The van der Waals surface area contributed by atoms with Crippen molar-refractivity contribution in [2.24, 2.45) is 5.73 Å². The molecule has 0 saturated carbocycles. The predicted molar refractivity (Wildman–Crippen MR) is 344 cm³/mol. The zero-order valence-corrected chi connectivity index (χ0v) is 65.4. The van der Waals surface area contributed by atoms with Gasteiger partial charge in [0.25, 0.3) is 0 Å². The molecule has 2 aromatic rings. The van der Waals surface area contributed by atoms with Gasteiger partial charge in [-0.3, -0.25) is 0 Å². The largest absolute Gasteiger partial charge is 0.506 e. The standard InChI is InChI=1S/C38H74N4O9S2Si4.C16H38N2O3Si.W.Y/c1-29(39)25-48-26-30(2)41-23-32(43)27-46-18-14-20-54-49-57(51-56(9,10)45-4,34-16-12-11-13-17-34)50-55(7,8)21-15-19-47-28-33(44)24-42-38-31(3)37(40)35(52-5)22-36(38)53-6;1-14(17-3)11-21-12-15(2)18-10-16(19)13-20-8-7-9-22(4,5)6;;/h11-13,16-17,22,29-30,32-33,41-44H,14-15,18-21,23-28,39-40,54H2,1-10H3;14-19H,7-13H2,1-6H3;;. The summed E-state index contributed by atoms with van der Waals surface area (Å²) in [6, 6.07) is 15.8. The molecule has 1 radical (unpaired) electrons. The number of hydrogen-bond donors (Lipinski definition) is 9. The van der Waals surface area contributed by atoms with Gasteiger partial charge in [0, 0.05) is 148 Å². The van der Waals surface area contributed by atoms with Gasteiger partial charge in [0.05, 0.1) is 75.9 Å². The fourth-order valence-electron chi connectivity index (χ4n) is 7.63. The number of anilines is 2. The summed E-state index contributed by atoms with van der Waals surface area (Å²) in [6.45, 7) is 32.0. The Balaban J connectivity index is 0. The Kier molecular flexibility index (Phi) is 48.8. The molecule has 81 heavy (non-hydrogen) atoms. The van der Waals surface area contributed by atoms with Crippen molar-refractivity contribution < 1.29 is 110 Å². The molecule has 2 aromatic carbocycles. The van der Waals surface area contributed by atoms with Crippen molar-refractivity contribution in [2.75, 3.05) is 123 Å². The van der Waals surface area contributed by atoms with Gasteiger partial charge in [-0.25, -0.2) is 0 Å². The Morgan fingerprint density at radius 3 is 1.64 bits per heavy atom. The SMILES string of the molecule is CNC(C)COCC(C)NCC(O)COCCC[Si](C)(C)C.CO[Si](C)(C)O[Si](O[SiH2]CCCOCC(O)CNC(C)COCC(C)N)(O[Si](C)(C)CCCOCC(O)CNc1c(SC)cc(SC)c(N)c1C)c1ccccc1.[W].[Y]. The monoisotopic (exact) mass is 1510 g/mol. The van der Waals surface area contributed by atoms with Gasteiger partial charge in [-0.1, -0.05) is 56.0 Å². The van der Waals surface area contributed by atoms with Crippen LogP contribution in [0, 0.1) is 6.92 Å². The van der Waals surface area contributed by atoms with Gasteiger partial charge in [-0.2, -0.15) is 0 Å². The van der Waals surface area contributed by atoms with E-state index in [1.807, 2.05) is 83.8 Å². The second-order valence-electron chi connectivity index (χ2n) is 22.9. The molecule has 27 heteroatoms. The van der Waals surface area contributed by atoms with Crippen LogP contribution in [0.5, 0.6) is 0 Å². The van der Waals surface area contributed by atoms with E-state index in [0.717, 1.165) is 69.9 Å². The number of hydrogen-bond acceptors (Lipinski definition) is 20. The van der Waals surface area contributed by atoms with Crippen LogP contribution in [0.3, 0.4) is 0 Å². The zero-order chi connectivity index (χ0) is 59.5. The number of aliphatic hydroxyl groups excluding tert-OH is 3. The number of benzene rings is 2. The second-order valence-corrected chi connectivity index (χ2v) is 43.1. The fraction of sp³-hybridized carbons (Fsp3) is 0.778. The van der Waals surface area contributed by atoms with Crippen LogP contribution in [-0.2, 0) is 94.2 Å². The summed E-state index contributed by atoms with van der Waals surface area (Å²) < 4.78 is 55.3. The van der Waals surface area contributed by atoms with Crippen molar-refractivity contribution in [3.63, 3.8) is 0 Å². The minimum absolute atomic E-state index is 0. The summed E-state index contributed by atoms with van der Waals surface area (Å²) >= 11 is 3.29. The third-order valence-electron chi connectivity index (χ3n) is 12.5. The van der Waals surface area contributed by atoms with Crippen molar-refractivity contribution >= 4 is 83.6 Å². The quantitative estimate of drug-likeness (QED) is 0.0161. The van der Waals surface area contributed by atoms with Gasteiger partial charge in [-0.05, 0) is 123 Å². The number of nitrogen functional groups attached to an aromatic ring is 1. The molecule has 471 valence electrons. The molecule has 0 aliphatic heterocycles. The third kappa shape index (κ3) is 40.3. The Morgan fingerprint density at radius 1 is 0.654 bits per heavy atom. The van der Waals surface area contributed by atoms with E-state index < -0.39 is 61.8 Å². The first-order valence-corrected chi connectivity index (χ1v) is 43.8. The number of thioether (sulfide) groups is 2. The fourth-order valence-corrected chi connectivity index (χ4v) is 23.8. The van der Waals surface area contributed by atoms with E-state index in [-0.39, 0.29) is 85.1 Å². The van der Waals surface area contributed by atoms with E-state index in [4.69, 9.17) is 51.9 Å². The summed E-state index contributed by atoms with van der Waals surface area (Å²) in [7, 11) is -6.79. The molecular formula is C54H112N6O12S2Si5WY. The van der Waals surface area contributed by atoms with E-state index in [9.17, 15) is 15.3 Å². The zero-order valence-electron chi connectivity index (χ0n) is 52.6. The summed E-state index contributed by atoms with van der Waals surface area (Å²) in [4.78, 5) is 2.16. The first kappa shape index (κ1) is 84.0. The van der Waals surface area contributed by atoms with E-state index >= 15 is 0 Å². The van der Waals surface area contributed by atoms with Gasteiger partial charge in [0.15, 0.2) is 18.1 Å². The number of nitrogens with two attached hydrogens (primary N) is 2. The van der Waals surface area contributed by atoms with Crippen LogP contribution in [0.15, 0.2) is 46.2 Å². The van der Waals surface area contributed by atoms with Gasteiger partial charge >= 0.3 is 17.4 Å². The number of likely N-dealkylation sites (N-methyl/N-ethyl adjacent to an activating group) is 1. The minimum atomic E-state index is -3.39. The second kappa shape index (κ2) is 47.0. The third-order valence-corrected chi connectivity index (χ3v) is 28.9. The van der Waals surface area contributed by atoms with E-state index in [1.165, 1.54) is 6.04 Å². The molecule has 8 unspecified atom stereocenters. The molecule has 0 aromatic heterocycles. The molecule has 2 rings (SSSR count). The van der Waals surface area contributed by atoms with Gasteiger partial charge < -0.3 is 88.5 Å². The molecular weight excluding hydrogens is 1400 g/mol. The minimum Gasteiger partial charge on any atom is -0.419 e. The van der Waals surface area contributed by atoms with Crippen molar-refractivity contribution in [3.8, 4) is 0 Å². The molecule has 8 atom stereocenters. The van der Waals surface area contributed by atoms with Gasteiger partial charge in [-0.15, -0.1) is 23.5 Å². The maximum absolute atomic E-state index is 10.8. The molecule has 0 aliphatic rings. The van der Waals surface area contributed by atoms with Crippen molar-refractivity contribution in [1.82, 2.24) is 16.0 Å². The average molecular weight is 1510 g/mol. The molecule has 0 heterocycles. The Morgan fingerprint density at radius 2 is 1.15 bits per heavy atom. The van der Waals surface area contributed by atoms with Crippen LogP contribution in [-0.4, -0.2) is 214 Å². The number of rotatable bonds is 46. The topological polar surface area (TPSA) is 244 Å². The van der Waals surface area contributed by atoms with Crippen LogP contribution in [0.25, 0.3) is 0 Å². The maximum Gasteiger partial charge on any atom is 0.506 e. The van der Waals surface area contributed by atoms with Crippen molar-refractivity contribution in [1.29, 1.82) is 0 Å². The van der Waals surface area contributed by atoms with Crippen molar-refractivity contribution in [2.45, 2.75) is 170 Å². The Labute approximate surface area is 545 Å². The first-order chi connectivity index (χ1) is 37.2. The first-order valence-electron chi connectivity index (χ1n) is 28.4. The molecule has 0 saturated heterocycles. The van der Waals surface area contributed by atoms with Crippen LogP contribution in [0.4, 0.5) is 11.4 Å². The summed E-state index contributed by atoms with van der Waals surface area (Å²) in [5.41, 5.74) is 14.8. The van der Waals surface area contributed by atoms with Crippen LogP contribution in [0.2, 0.25) is 64.0 Å². The van der Waals surface area contributed by atoms with E-state index in [0.29, 0.717) is 71.9 Å². The molecule has 0 spiro atoms. The molecule has 0 amide bonds. The van der Waals surface area contributed by atoms with Gasteiger partial charge in [0.2, 0.25) is 0 Å². The van der Waals surface area contributed by atoms with E-state index in [1.54, 1.807) is 30.6 Å². The molecule has 0 aliphatic carbocycles. The molecule has 0 bridgehead atoms. The summed E-state index contributed by atoms with van der Waals surface area (Å²) in [5, 5.41) is 45.0. The maximum atomic E-state index is 10.8. The number of ether oxygens (including phenoxy) is 5. The molecule has 0 fully saturated rings. The van der Waals surface area contributed by atoms with Gasteiger partial charge in [0.1, 0.15) is 0 Å². The number of nitrogens with one attached hydrogen (secondary N) is 4. The Bertz CT molecular complexity index is 1880. The Hall–Kier alpha value is 0.977. The van der Waals surface area contributed by atoms with Crippen LogP contribution in [0.1, 0.15) is 52.5 Å².